The summed E-state index contributed by atoms with van der Waals surface area (Å²) in [6.07, 6.45) is 2.87. The highest BCUT2D eigenvalue weighted by Gasteiger charge is 2.24. The fourth-order valence-corrected chi connectivity index (χ4v) is 2.62. The number of nitriles is 1. The zero-order chi connectivity index (χ0) is 12.3. The smallest absolute Gasteiger partial charge is 0.101 e. The first-order valence-corrected chi connectivity index (χ1v) is 6.61. The van der Waals surface area contributed by atoms with E-state index in [0.717, 1.165) is 36.0 Å². The van der Waals surface area contributed by atoms with Crippen molar-refractivity contribution in [3.8, 4) is 6.07 Å². The maximum atomic E-state index is 9.73. The monoisotopic (exact) mass is 294 g/mol. The second-order valence-corrected chi connectivity index (χ2v) is 5.36. The molecular weight excluding hydrogens is 280 g/mol. The molecule has 2 rings (SSSR count). The Hall–Kier alpha value is -1.05. The number of aliphatic hydroxyl groups excluding tert-OH is 1. The summed E-state index contributed by atoms with van der Waals surface area (Å²) in [5, 5.41) is 22.0. The standard InChI is InChI=1S/C13H15BrN2O/c14-11-4-5-12(10(6-11)7-15)16-8-9-2-1-3-13(9)17/h4-6,9,13,16-17H,1-3,8H2. The van der Waals surface area contributed by atoms with Crippen LogP contribution in [0.4, 0.5) is 5.69 Å². The zero-order valence-corrected chi connectivity index (χ0v) is 11.1. The number of nitrogens with one attached hydrogen (secondary N) is 1. The first-order chi connectivity index (χ1) is 8.20. The fourth-order valence-electron chi connectivity index (χ4n) is 2.26. The van der Waals surface area contributed by atoms with Crippen molar-refractivity contribution < 1.29 is 5.11 Å². The molecule has 1 aliphatic carbocycles. The van der Waals surface area contributed by atoms with Crippen molar-refractivity contribution in [3.05, 3.63) is 28.2 Å². The third-order valence-electron chi connectivity index (χ3n) is 3.28. The maximum absolute atomic E-state index is 9.73. The van der Waals surface area contributed by atoms with Crippen LogP contribution in [0, 0.1) is 17.2 Å². The highest BCUT2D eigenvalue weighted by molar-refractivity contribution is 9.10. The van der Waals surface area contributed by atoms with Crippen LogP contribution in [0.15, 0.2) is 22.7 Å². The largest absolute Gasteiger partial charge is 0.393 e. The molecule has 2 N–H and O–H groups in total. The average molecular weight is 295 g/mol. The zero-order valence-electron chi connectivity index (χ0n) is 9.49. The predicted molar refractivity (Wildman–Crippen MR) is 70.7 cm³/mol. The Bertz CT molecular complexity index is 442. The van der Waals surface area contributed by atoms with E-state index < -0.39 is 0 Å². The minimum Gasteiger partial charge on any atom is -0.393 e. The van der Waals surface area contributed by atoms with Gasteiger partial charge >= 0.3 is 0 Å². The molecule has 0 aromatic heterocycles. The SMILES string of the molecule is N#Cc1cc(Br)ccc1NCC1CCCC1O. The summed E-state index contributed by atoms with van der Waals surface area (Å²) in [6.45, 7) is 0.734. The molecule has 1 aromatic rings. The molecule has 0 bridgehead atoms. The van der Waals surface area contributed by atoms with Crippen LogP contribution in [-0.4, -0.2) is 17.8 Å². The Morgan fingerprint density at radius 3 is 2.94 bits per heavy atom. The minimum absolute atomic E-state index is 0.191. The second-order valence-electron chi connectivity index (χ2n) is 4.44. The van der Waals surface area contributed by atoms with Gasteiger partial charge in [-0.3, -0.25) is 0 Å². The first kappa shape index (κ1) is 12.4. The number of nitrogens with zero attached hydrogens (tertiary/aromatic N) is 1. The molecule has 90 valence electrons. The van der Waals surface area contributed by atoms with Gasteiger partial charge in [0.25, 0.3) is 0 Å². The third-order valence-corrected chi connectivity index (χ3v) is 3.77. The normalized spacial score (nSPS) is 23.4. The number of rotatable bonds is 3. The van der Waals surface area contributed by atoms with E-state index in [4.69, 9.17) is 5.26 Å². The summed E-state index contributed by atoms with van der Waals surface area (Å²) in [5.74, 6) is 0.310. The van der Waals surface area contributed by atoms with Gasteiger partial charge in [-0.25, -0.2) is 0 Å². The Kier molecular flexibility index (Phi) is 4.03. The molecule has 0 aliphatic heterocycles. The summed E-state index contributed by atoms with van der Waals surface area (Å²) < 4.78 is 0.903. The number of anilines is 1. The summed E-state index contributed by atoms with van der Waals surface area (Å²) in [5.41, 5.74) is 1.47. The van der Waals surface area contributed by atoms with E-state index in [0.29, 0.717) is 11.5 Å². The predicted octanol–water partition coefficient (Wildman–Crippen LogP) is 2.89. The molecule has 2 atom stereocenters. The van der Waals surface area contributed by atoms with Gasteiger partial charge in [0.15, 0.2) is 0 Å². The van der Waals surface area contributed by atoms with Crippen molar-refractivity contribution in [2.45, 2.75) is 25.4 Å². The van der Waals surface area contributed by atoms with E-state index in [-0.39, 0.29) is 6.10 Å². The van der Waals surface area contributed by atoms with Gasteiger partial charge in [-0.15, -0.1) is 0 Å². The Balaban J connectivity index is 2.01. The van der Waals surface area contributed by atoms with E-state index in [9.17, 15) is 5.11 Å². The summed E-state index contributed by atoms with van der Waals surface area (Å²) in [4.78, 5) is 0. The van der Waals surface area contributed by atoms with Crippen molar-refractivity contribution in [1.82, 2.24) is 0 Å². The van der Waals surface area contributed by atoms with Crippen LogP contribution in [0.1, 0.15) is 24.8 Å². The lowest BCUT2D eigenvalue weighted by molar-refractivity contribution is 0.138. The fraction of sp³-hybridized carbons (Fsp3) is 0.462. The Labute approximate surface area is 110 Å². The number of benzene rings is 1. The van der Waals surface area contributed by atoms with Crippen LogP contribution in [0.3, 0.4) is 0 Å². The molecule has 4 heteroatoms. The molecule has 0 radical (unpaired) electrons. The molecule has 17 heavy (non-hydrogen) atoms. The van der Waals surface area contributed by atoms with E-state index in [1.165, 1.54) is 0 Å². The van der Waals surface area contributed by atoms with E-state index in [1.54, 1.807) is 6.07 Å². The quantitative estimate of drug-likeness (QED) is 0.901. The van der Waals surface area contributed by atoms with Crippen molar-refractivity contribution in [2.24, 2.45) is 5.92 Å². The molecule has 0 saturated heterocycles. The van der Waals surface area contributed by atoms with Crippen LogP contribution in [0.5, 0.6) is 0 Å². The van der Waals surface area contributed by atoms with Gasteiger partial charge in [-0.1, -0.05) is 22.4 Å². The summed E-state index contributed by atoms with van der Waals surface area (Å²) in [6, 6.07) is 7.77. The molecule has 1 saturated carbocycles. The topological polar surface area (TPSA) is 56.0 Å². The molecular formula is C13H15BrN2O. The number of halogens is 1. The summed E-state index contributed by atoms with van der Waals surface area (Å²) >= 11 is 3.35. The maximum Gasteiger partial charge on any atom is 0.101 e. The van der Waals surface area contributed by atoms with Gasteiger partial charge in [0.1, 0.15) is 6.07 Å². The molecule has 0 heterocycles. The van der Waals surface area contributed by atoms with Crippen molar-refractivity contribution in [1.29, 1.82) is 5.26 Å². The van der Waals surface area contributed by atoms with Gasteiger partial charge in [0, 0.05) is 16.9 Å². The van der Waals surface area contributed by atoms with E-state index in [1.807, 2.05) is 12.1 Å². The number of hydrogen-bond donors (Lipinski definition) is 2. The Morgan fingerprint density at radius 2 is 2.29 bits per heavy atom. The van der Waals surface area contributed by atoms with Gasteiger partial charge < -0.3 is 10.4 Å². The van der Waals surface area contributed by atoms with E-state index in [2.05, 4.69) is 27.3 Å². The molecule has 0 amide bonds. The molecule has 1 aliphatic rings. The molecule has 2 unspecified atom stereocenters. The van der Waals surface area contributed by atoms with Gasteiger partial charge in [-0.2, -0.15) is 5.26 Å². The first-order valence-electron chi connectivity index (χ1n) is 5.82. The average Bonchev–Trinajstić information content (AvgIpc) is 2.73. The highest BCUT2D eigenvalue weighted by atomic mass is 79.9. The van der Waals surface area contributed by atoms with Gasteiger partial charge in [0.2, 0.25) is 0 Å². The Morgan fingerprint density at radius 1 is 1.47 bits per heavy atom. The summed E-state index contributed by atoms with van der Waals surface area (Å²) in [7, 11) is 0. The van der Waals surface area contributed by atoms with Crippen LogP contribution < -0.4 is 5.32 Å². The molecule has 1 fully saturated rings. The minimum atomic E-state index is -0.191. The van der Waals surface area contributed by atoms with Crippen LogP contribution in [0.25, 0.3) is 0 Å². The highest BCUT2D eigenvalue weighted by Crippen LogP contribution is 2.27. The van der Waals surface area contributed by atoms with Crippen LogP contribution >= 0.6 is 15.9 Å². The number of hydrogen-bond acceptors (Lipinski definition) is 3. The van der Waals surface area contributed by atoms with Crippen LogP contribution in [-0.2, 0) is 0 Å². The van der Waals surface area contributed by atoms with Crippen LogP contribution in [0.2, 0.25) is 0 Å². The van der Waals surface area contributed by atoms with Crippen molar-refractivity contribution >= 4 is 21.6 Å². The van der Waals surface area contributed by atoms with E-state index >= 15 is 0 Å². The lowest BCUT2D eigenvalue weighted by Gasteiger charge is -2.16. The van der Waals surface area contributed by atoms with Crippen molar-refractivity contribution in [3.63, 3.8) is 0 Å². The molecule has 1 aromatic carbocycles. The molecule has 0 spiro atoms. The second kappa shape index (κ2) is 5.52. The lowest BCUT2D eigenvalue weighted by Crippen LogP contribution is -2.22. The van der Waals surface area contributed by atoms with Gasteiger partial charge in [-0.05, 0) is 31.0 Å². The van der Waals surface area contributed by atoms with Crippen molar-refractivity contribution in [2.75, 3.05) is 11.9 Å². The molecule has 3 nitrogen and oxygen atoms in total. The lowest BCUT2D eigenvalue weighted by atomic mass is 10.1. The van der Waals surface area contributed by atoms with Gasteiger partial charge in [0.05, 0.1) is 17.4 Å². The number of aliphatic hydroxyl groups is 1. The third kappa shape index (κ3) is 2.99.